The summed E-state index contributed by atoms with van der Waals surface area (Å²) in [4.78, 5) is 20.8. The Balaban J connectivity index is 2.01. The molecule has 0 aliphatic carbocycles. The van der Waals surface area contributed by atoms with Crippen molar-refractivity contribution in [2.45, 2.75) is 40.2 Å². The van der Waals surface area contributed by atoms with E-state index in [0.29, 0.717) is 35.4 Å². The van der Waals surface area contributed by atoms with Gasteiger partial charge in [-0.15, -0.1) is 0 Å². The van der Waals surface area contributed by atoms with Gasteiger partial charge >= 0.3 is 5.97 Å². The predicted octanol–water partition coefficient (Wildman–Crippen LogP) is 2.80. The molecule has 0 unspecified atom stereocenters. The largest absolute Gasteiger partial charge is 0.479 e. The number of hydrogen-bond acceptors (Lipinski definition) is 7. The molecular weight excluding hydrogens is 348 g/mol. The van der Waals surface area contributed by atoms with Crippen molar-refractivity contribution in [1.82, 2.24) is 29.5 Å². The first-order chi connectivity index (χ1) is 12.9. The van der Waals surface area contributed by atoms with Gasteiger partial charge in [-0.1, -0.05) is 13.8 Å². The Morgan fingerprint density at radius 3 is 2.63 bits per heavy atom. The molecule has 0 saturated heterocycles. The van der Waals surface area contributed by atoms with Crippen molar-refractivity contribution < 1.29 is 14.3 Å². The van der Waals surface area contributed by atoms with Crippen LogP contribution in [0.1, 0.15) is 50.5 Å². The standard InChI is InChI=1S/C18H24N6O3/c1-6-27-17(25)13-8-19-23(10-13)18-21-14-9-20-24(12(4)7-11(2)3)15(14)16(22-18)26-5/h8-12H,6-7H2,1-5H3/t12-/m0/s1. The molecule has 0 aliphatic rings. The van der Waals surface area contributed by atoms with Crippen LogP contribution >= 0.6 is 0 Å². The number of nitrogens with zero attached hydrogens (tertiary/aromatic N) is 6. The molecule has 0 radical (unpaired) electrons. The summed E-state index contributed by atoms with van der Waals surface area (Å²) in [7, 11) is 1.56. The number of rotatable bonds is 7. The quantitative estimate of drug-likeness (QED) is 0.588. The molecule has 144 valence electrons. The Labute approximate surface area is 157 Å². The van der Waals surface area contributed by atoms with Crippen LogP contribution in [0.25, 0.3) is 17.0 Å². The van der Waals surface area contributed by atoms with E-state index in [4.69, 9.17) is 9.47 Å². The maximum absolute atomic E-state index is 11.8. The predicted molar refractivity (Wildman–Crippen MR) is 99.1 cm³/mol. The van der Waals surface area contributed by atoms with E-state index in [1.54, 1.807) is 20.2 Å². The highest BCUT2D eigenvalue weighted by molar-refractivity contribution is 5.88. The number of carbonyl (C=O) groups excluding carboxylic acids is 1. The number of esters is 1. The van der Waals surface area contributed by atoms with Crippen molar-refractivity contribution in [3.63, 3.8) is 0 Å². The van der Waals surface area contributed by atoms with Crippen molar-refractivity contribution in [3.05, 3.63) is 24.2 Å². The van der Waals surface area contributed by atoms with E-state index in [2.05, 4.69) is 40.9 Å². The topological polar surface area (TPSA) is 97.0 Å². The van der Waals surface area contributed by atoms with Crippen molar-refractivity contribution >= 4 is 17.0 Å². The van der Waals surface area contributed by atoms with Crippen molar-refractivity contribution in [3.8, 4) is 11.8 Å². The van der Waals surface area contributed by atoms with Gasteiger partial charge in [-0.3, -0.25) is 4.68 Å². The van der Waals surface area contributed by atoms with Crippen molar-refractivity contribution in [1.29, 1.82) is 0 Å². The normalized spacial score (nSPS) is 12.5. The molecule has 0 saturated carbocycles. The van der Waals surface area contributed by atoms with Crippen LogP contribution in [0.15, 0.2) is 18.6 Å². The second-order valence-corrected chi connectivity index (χ2v) is 6.73. The lowest BCUT2D eigenvalue weighted by Gasteiger charge is -2.16. The fourth-order valence-corrected chi connectivity index (χ4v) is 3.03. The van der Waals surface area contributed by atoms with Crippen LogP contribution in [0.4, 0.5) is 0 Å². The summed E-state index contributed by atoms with van der Waals surface area (Å²) in [5, 5.41) is 8.64. The molecule has 3 aromatic rings. The maximum atomic E-state index is 11.8. The van der Waals surface area contributed by atoms with E-state index in [0.717, 1.165) is 11.9 Å². The summed E-state index contributed by atoms with van der Waals surface area (Å²) in [6.07, 6.45) is 5.62. The lowest BCUT2D eigenvalue weighted by molar-refractivity contribution is 0.0526. The average molecular weight is 372 g/mol. The van der Waals surface area contributed by atoms with E-state index in [1.165, 1.54) is 17.1 Å². The Hall–Kier alpha value is -2.97. The zero-order valence-corrected chi connectivity index (χ0v) is 16.2. The summed E-state index contributed by atoms with van der Waals surface area (Å²) >= 11 is 0. The Morgan fingerprint density at radius 1 is 1.19 bits per heavy atom. The molecular formula is C18H24N6O3. The van der Waals surface area contributed by atoms with Crippen LogP contribution in [0, 0.1) is 5.92 Å². The van der Waals surface area contributed by atoms with Gasteiger partial charge < -0.3 is 9.47 Å². The molecule has 0 aliphatic heterocycles. The van der Waals surface area contributed by atoms with Gasteiger partial charge in [-0.25, -0.2) is 14.5 Å². The van der Waals surface area contributed by atoms with Crippen molar-refractivity contribution in [2.75, 3.05) is 13.7 Å². The molecule has 0 spiro atoms. The Bertz CT molecular complexity index is 946. The summed E-state index contributed by atoms with van der Waals surface area (Å²) in [5.74, 6) is 0.810. The third-order valence-corrected chi connectivity index (χ3v) is 4.12. The molecule has 1 atom stereocenters. The molecule has 3 heterocycles. The van der Waals surface area contributed by atoms with Gasteiger partial charge in [0.05, 0.1) is 37.7 Å². The van der Waals surface area contributed by atoms with E-state index in [1.807, 2.05) is 4.68 Å². The minimum Gasteiger partial charge on any atom is -0.479 e. The first kappa shape index (κ1) is 18.8. The molecule has 9 heteroatoms. The number of carbonyl (C=O) groups is 1. The fraction of sp³-hybridized carbons (Fsp3) is 0.500. The Morgan fingerprint density at radius 2 is 1.96 bits per heavy atom. The molecule has 0 N–H and O–H groups in total. The molecule has 0 amide bonds. The third-order valence-electron chi connectivity index (χ3n) is 4.12. The smallest absolute Gasteiger partial charge is 0.341 e. The van der Waals surface area contributed by atoms with Crippen LogP contribution in [0.2, 0.25) is 0 Å². The van der Waals surface area contributed by atoms with Crippen LogP contribution < -0.4 is 4.74 Å². The molecule has 0 fully saturated rings. The molecule has 9 nitrogen and oxygen atoms in total. The van der Waals surface area contributed by atoms with Gasteiger partial charge in [0.25, 0.3) is 5.95 Å². The SMILES string of the molecule is CCOC(=O)c1cnn(-c2nc(OC)c3c(cnn3[C@@H](C)CC(C)C)n2)c1. The second-order valence-electron chi connectivity index (χ2n) is 6.73. The first-order valence-electron chi connectivity index (χ1n) is 8.96. The molecule has 27 heavy (non-hydrogen) atoms. The Kier molecular flexibility index (Phi) is 5.38. The molecule has 0 bridgehead atoms. The summed E-state index contributed by atoms with van der Waals surface area (Å²) in [6.45, 7) is 8.51. The van der Waals surface area contributed by atoms with Gasteiger partial charge in [0.2, 0.25) is 5.88 Å². The highest BCUT2D eigenvalue weighted by Crippen LogP contribution is 2.28. The number of hydrogen-bond donors (Lipinski definition) is 0. The summed E-state index contributed by atoms with van der Waals surface area (Å²) < 4.78 is 13.8. The fourth-order valence-electron chi connectivity index (χ4n) is 3.03. The highest BCUT2D eigenvalue weighted by Gasteiger charge is 2.20. The maximum Gasteiger partial charge on any atom is 0.341 e. The third kappa shape index (κ3) is 3.76. The van der Waals surface area contributed by atoms with E-state index in [-0.39, 0.29) is 6.04 Å². The van der Waals surface area contributed by atoms with E-state index < -0.39 is 5.97 Å². The van der Waals surface area contributed by atoms with E-state index >= 15 is 0 Å². The minimum atomic E-state index is -0.438. The number of fused-ring (bicyclic) bond motifs is 1. The minimum absolute atomic E-state index is 0.186. The van der Waals surface area contributed by atoms with Crippen molar-refractivity contribution in [2.24, 2.45) is 5.92 Å². The summed E-state index contributed by atoms with van der Waals surface area (Å²) in [5.41, 5.74) is 1.73. The lowest BCUT2D eigenvalue weighted by Crippen LogP contribution is -2.11. The highest BCUT2D eigenvalue weighted by atomic mass is 16.5. The lowest BCUT2D eigenvalue weighted by atomic mass is 10.1. The number of ether oxygens (including phenoxy) is 2. The molecule has 3 rings (SSSR count). The number of methoxy groups -OCH3 is 1. The van der Waals surface area contributed by atoms with Crippen LogP contribution in [-0.2, 0) is 4.74 Å². The molecule has 0 aromatic carbocycles. The van der Waals surface area contributed by atoms with Crippen LogP contribution in [0.5, 0.6) is 5.88 Å². The van der Waals surface area contributed by atoms with Crippen LogP contribution in [-0.4, -0.2) is 49.2 Å². The van der Waals surface area contributed by atoms with Gasteiger partial charge in [-0.2, -0.15) is 15.2 Å². The van der Waals surface area contributed by atoms with Crippen LogP contribution in [0.3, 0.4) is 0 Å². The van der Waals surface area contributed by atoms with Gasteiger partial charge in [-0.05, 0) is 26.2 Å². The summed E-state index contributed by atoms with van der Waals surface area (Å²) in [6, 6.07) is 0.186. The second kappa shape index (κ2) is 7.73. The zero-order chi connectivity index (χ0) is 19.6. The molecule has 3 aromatic heterocycles. The van der Waals surface area contributed by atoms with Gasteiger partial charge in [0.1, 0.15) is 11.0 Å². The van der Waals surface area contributed by atoms with E-state index in [9.17, 15) is 4.79 Å². The monoisotopic (exact) mass is 372 g/mol. The van der Waals surface area contributed by atoms with Gasteiger partial charge in [0.15, 0.2) is 0 Å². The first-order valence-corrected chi connectivity index (χ1v) is 8.96. The zero-order valence-electron chi connectivity index (χ0n) is 16.2. The van der Waals surface area contributed by atoms with Gasteiger partial charge in [0, 0.05) is 6.20 Å². The average Bonchev–Trinajstić information content (AvgIpc) is 3.27. The number of aromatic nitrogens is 6.